The zero-order valence-corrected chi connectivity index (χ0v) is 16.5. The first kappa shape index (κ1) is 20.1. The molecule has 1 aliphatic heterocycles. The van der Waals surface area contributed by atoms with Crippen LogP contribution in [0.25, 0.3) is 0 Å². The average molecular weight is 361 g/mol. The molecule has 1 heterocycles. The fourth-order valence-corrected chi connectivity index (χ4v) is 2.93. The Morgan fingerprint density at radius 3 is 2.46 bits per heavy atom. The zero-order chi connectivity index (χ0) is 19.3. The summed E-state index contributed by atoms with van der Waals surface area (Å²) >= 11 is 0. The summed E-state index contributed by atoms with van der Waals surface area (Å²) in [7, 11) is 3.99. The van der Waals surface area contributed by atoms with Crippen LogP contribution in [0.4, 0.5) is 10.5 Å². The molecular weight excluding hydrogens is 330 g/mol. The highest BCUT2D eigenvalue weighted by Gasteiger charge is 2.29. The van der Waals surface area contributed by atoms with E-state index in [0.717, 1.165) is 11.3 Å². The third kappa shape index (κ3) is 5.93. The molecule has 6 heteroatoms. The molecule has 1 N–H and O–H groups in total. The van der Waals surface area contributed by atoms with Crippen molar-refractivity contribution in [2.24, 2.45) is 5.92 Å². The second-order valence-electron chi connectivity index (χ2n) is 8.02. The van der Waals surface area contributed by atoms with Crippen LogP contribution in [0, 0.1) is 5.92 Å². The van der Waals surface area contributed by atoms with Crippen LogP contribution in [-0.2, 0) is 16.1 Å². The number of benzene rings is 1. The lowest BCUT2D eigenvalue weighted by Gasteiger charge is -2.32. The molecule has 0 bridgehead atoms. The molecule has 1 fully saturated rings. The van der Waals surface area contributed by atoms with E-state index in [1.54, 1.807) is 4.90 Å². The first-order valence-corrected chi connectivity index (χ1v) is 9.17. The monoisotopic (exact) mass is 361 g/mol. The Labute approximate surface area is 156 Å². The number of piperidine rings is 1. The third-order valence-electron chi connectivity index (χ3n) is 4.41. The normalized spacial score (nSPS) is 15.5. The van der Waals surface area contributed by atoms with E-state index in [9.17, 15) is 9.59 Å². The minimum Gasteiger partial charge on any atom is -0.444 e. The minimum atomic E-state index is -0.494. The molecular formula is C20H31N3O3. The lowest BCUT2D eigenvalue weighted by Crippen LogP contribution is -2.44. The Balaban J connectivity index is 1.80. The number of ether oxygens (including phenoxy) is 1. The number of carbonyl (C=O) groups excluding carboxylic acids is 2. The third-order valence-corrected chi connectivity index (χ3v) is 4.41. The number of anilines is 1. The number of hydrogen-bond donors (Lipinski definition) is 1. The van der Waals surface area contributed by atoms with Gasteiger partial charge in [-0.15, -0.1) is 0 Å². The van der Waals surface area contributed by atoms with Crippen molar-refractivity contribution in [1.29, 1.82) is 0 Å². The summed E-state index contributed by atoms with van der Waals surface area (Å²) in [4.78, 5) is 28.3. The van der Waals surface area contributed by atoms with Crippen LogP contribution in [0.15, 0.2) is 24.3 Å². The van der Waals surface area contributed by atoms with Crippen LogP contribution in [0.5, 0.6) is 0 Å². The van der Waals surface area contributed by atoms with Crippen molar-refractivity contribution in [1.82, 2.24) is 10.2 Å². The number of hydrogen-bond acceptors (Lipinski definition) is 4. The topological polar surface area (TPSA) is 61.9 Å². The van der Waals surface area contributed by atoms with Gasteiger partial charge in [-0.3, -0.25) is 4.79 Å². The van der Waals surface area contributed by atoms with Gasteiger partial charge in [0, 0.05) is 45.3 Å². The summed E-state index contributed by atoms with van der Waals surface area (Å²) in [6, 6.07) is 8.12. The molecule has 6 nitrogen and oxygen atoms in total. The Morgan fingerprint density at radius 1 is 1.23 bits per heavy atom. The predicted molar refractivity (Wildman–Crippen MR) is 103 cm³/mol. The summed E-state index contributed by atoms with van der Waals surface area (Å²) in [5.74, 6) is 0.00909. The van der Waals surface area contributed by atoms with Gasteiger partial charge >= 0.3 is 6.09 Å². The van der Waals surface area contributed by atoms with Gasteiger partial charge in [0.1, 0.15) is 5.60 Å². The Kier molecular flexibility index (Phi) is 6.51. The Hall–Kier alpha value is -2.24. The molecule has 0 radical (unpaired) electrons. The lowest BCUT2D eigenvalue weighted by molar-refractivity contribution is -0.126. The van der Waals surface area contributed by atoms with Crippen molar-refractivity contribution >= 4 is 17.7 Å². The molecule has 144 valence electrons. The standard InChI is InChI=1S/C20H31N3O3/c1-20(2,3)26-19(25)23-11-9-16(10-12-23)18(24)21-14-15-7-6-8-17(13-15)22(4)5/h6-8,13,16H,9-12,14H2,1-5H3,(H,21,24). The second kappa shape index (κ2) is 8.43. The number of nitrogens with zero attached hydrogens (tertiary/aromatic N) is 2. The number of rotatable bonds is 4. The summed E-state index contributed by atoms with van der Waals surface area (Å²) < 4.78 is 5.39. The van der Waals surface area contributed by atoms with Gasteiger partial charge in [0.15, 0.2) is 0 Å². The Bertz CT molecular complexity index is 629. The molecule has 1 aliphatic rings. The van der Waals surface area contributed by atoms with Crippen molar-refractivity contribution in [3.8, 4) is 0 Å². The van der Waals surface area contributed by atoms with Crippen molar-refractivity contribution in [2.75, 3.05) is 32.1 Å². The van der Waals surface area contributed by atoms with E-state index in [2.05, 4.69) is 11.4 Å². The van der Waals surface area contributed by atoms with Gasteiger partial charge < -0.3 is 19.9 Å². The fraction of sp³-hybridized carbons (Fsp3) is 0.600. The van der Waals surface area contributed by atoms with Gasteiger partial charge in [0.25, 0.3) is 0 Å². The van der Waals surface area contributed by atoms with Crippen molar-refractivity contribution in [3.63, 3.8) is 0 Å². The van der Waals surface area contributed by atoms with Crippen LogP contribution in [-0.4, -0.2) is 49.7 Å². The van der Waals surface area contributed by atoms with E-state index in [0.29, 0.717) is 32.5 Å². The van der Waals surface area contributed by atoms with Crippen molar-refractivity contribution in [3.05, 3.63) is 29.8 Å². The lowest BCUT2D eigenvalue weighted by atomic mass is 9.96. The van der Waals surface area contributed by atoms with Crippen LogP contribution in [0.1, 0.15) is 39.2 Å². The summed E-state index contributed by atoms with van der Waals surface area (Å²) in [6.07, 6.45) is 1.04. The van der Waals surface area contributed by atoms with Crippen LogP contribution < -0.4 is 10.2 Å². The second-order valence-corrected chi connectivity index (χ2v) is 8.02. The van der Waals surface area contributed by atoms with Gasteiger partial charge in [0.2, 0.25) is 5.91 Å². The van der Waals surface area contributed by atoms with E-state index in [1.807, 2.05) is 58.0 Å². The van der Waals surface area contributed by atoms with E-state index >= 15 is 0 Å². The maximum atomic E-state index is 12.4. The Morgan fingerprint density at radius 2 is 1.88 bits per heavy atom. The summed E-state index contributed by atoms with van der Waals surface area (Å²) in [5, 5.41) is 3.02. The van der Waals surface area contributed by atoms with Gasteiger partial charge in [-0.1, -0.05) is 12.1 Å². The number of likely N-dealkylation sites (tertiary alicyclic amines) is 1. The zero-order valence-electron chi connectivity index (χ0n) is 16.5. The number of carbonyl (C=O) groups is 2. The predicted octanol–water partition coefficient (Wildman–Crippen LogP) is 3.02. The van der Waals surface area contributed by atoms with E-state index in [1.165, 1.54) is 0 Å². The summed E-state index contributed by atoms with van der Waals surface area (Å²) in [6.45, 7) is 7.21. The van der Waals surface area contributed by atoms with Crippen LogP contribution >= 0.6 is 0 Å². The van der Waals surface area contributed by atoms with Crippen LogP contribution in [0.2, 0.25) is 0 Å². The molecule has 1 aromatic rings. The highest BCUT2D eigenvalue weighted by Crippen LogP contribution is 2.20. The first-order chi connectivity index (χ1) is 12.2. The molecule has 0 atom stereocenters. The molecule has 2 amide bonds. The largest absolute Gasteiger partial charge is 0.444 e. The molecule has 1 saturated heterocycles. The SMILES string of the molecule is CN(C)c1cccc(CNC(=O)C2CCN(C(=O)OC(C)(C)C)CC2)c1. The van der Waals surface area contributed by atoms with Gasteiger partial charge in [-0.05, 0) is 51.3 Å². The smallest absolute Gasteiger partial charge is 0.410 e. The minimum absolute atomic E-state index is 0.0503. The number of nitrogens with one attached hydrogen (secondary N) is 1. The fourth-order valence-electron chi connectivity index (χ4n) is 2.93. The quantitative estimate of drug-likeness (QED) is 0.895. The highest BCUT2D eigenvalue weighted by atomic mass is 16.6. The van der Waals surface area contributed by atoms with Gasteiger partial charge in [-0.2, -0.15) is 0 Å². The molecule has 0 aliphatic carbocycles. The molecule has 0 saturated carbocycles. The summed E-state index contributed by atoms with van der Waals surface area (Å²) in [5.41, 5.74) is 1.70. The van der Waals surface area contributed by atoms with E-state index in [-0.39, 0.29) is 17.9 Å². The van der Waals surface area contributed by atoms with Crippen molar-refractivity contribution < 1.29 is 14.3 Å². The molecule has 1 aromatic carbocycles. The van der Waals surface area contributed by atoms with E-state index < -0.39 is 5.60 Å². The molecule has 26 heavy (non-hydrogen) atoms. The van der Waals surface area contributed by atoms with Gasteiger partial charge in [0.05, 0.1) is 0 Å². The maximum absolute atomic E-state index is 12.4. The molecule has 0 spiro atoms. The van der Waals surface area contributed by atoms with Crippen molar-refractivity contribution in [2.45, 2.75) is 45.8 Å². The average Bonchev–Trinajstić information content (AvgIpc) is 2.58. The van der Waals surface area contributed by atoms with E-state index in [4.69, 9.17) is 4.74 Å². The molecule has 0 unspecified atom stereocenters. The highest BCUT2D eigenvalue weighted by molar-refractivity contribution is 5.79. The number of amides is 2. The maximum Gasteiger partial charge on any atom is 0.410 e. The molecule has 2 rings (SSSR count). The molecule has 0 aromatic heterocycles. The van der Waals surface area contributed by atoms with Crippen LogP contribution in [0.3, 0.4) is 0 Å². The van der Waals surface area contributed by atoms with Gasteiger partial charge in [-0.25, -0.2) is 4.79 Å². The first-order valence-electron chi connectivity index (χ1n) is 9.17.